The second-order valence-corrected chi connectivity index (χ2v) is 6.43. The molecule has 0 heterocycles. The first-order valence-electron chi connectivity index (χ1n) is 7.30. The number of aryl methyl sites for hydroxylation is 1. The Morgan fingerprint density at radius 1 is 0.880 bits per heavy atom. The molecular weight excluding hydrogens is 363 g/mol. The molecule has 4 nitrogen and oxygen atoms in total. The topological polar surface area (TPSA) is 52.6 Å². The molecule has 0 aliphatic rings. The predicted octanol–water partition coefficient (Wildman–Crippen LogP) is 5.42. The maximum Gasteiger partial charge on any atom is 0.338 e. The lowest BCUT2D eigenvalue weighted by molar-refractivity contribution is -0.131. The van der Waals surface area contributed by atoms with Crippen LogP contribution >= 0.6 is 23.2 Å². The highest BCUT2D eigenvalue weighted by Crippen LogP contribution is 2.47. The zero-order valence-corrected chi connectivity index (χ0v) is 15.5. The third kappa shape index (κ3) is 3.86. The zero-order valence-electron chi connectivity index (χ0n) is 14.0. The van der Waals surface area contributed by atoms with Gasteiger partial charge in [-0.05, 0) is 26.8 Å². The molecule has 6 heteroatoms. The number of carbonyl (C=O) groups is 2. The van der Waals surface area contributed by atoms with Crippen LogP contribution in [0, 0.1) is 6.92 Å². The lowest BCUT2D eigenvalue weighted by Gasteiger charge is -2.16. The molecule has 0 N–H and O–H groups in total. The van der Waals surface area contributed by atoms with E-state index in [4.69, 9.17) is 32.7 Å². The summed E-state index contributed by atoms with van der Waals surface area (Å²) in [5.74, 6) is -1.09. The summed E-state index contributed by atoms with van der Waals surface area (Å²) in [4.78, 5) is 23.9. The van der Waals surface area contributed by atoms with Gasteiger partial charge in [-0.25, -0.2) is 9.59 Å². The molecule has 2 rings (SSSR count). The van der Waals surface area contributed by atoms with Crippen molar-refractivity contribution in [3.8, 4) is 11.5 Å². The summed E-state index contributed by atoms with van der Waals surface area (Å²) in [7, 11) is 0. The maximum atomic E-state index is 11.9. The van der Waals surface area contributed by atoms with E-state index in [-0.39, 0.29) is 32.7 Å². The second-order valence-electron chi connectivity index (χ2n) is 5.67. The molecule has 0 amide bonds. The third-order valence-electron chi connectivity index (χ3n) is 3.34. The Morgan fingerprint density at radius 3 is 1.76 bits per heavy atom. The van der Waals surface area contributed by atoms with Gasteiger partial charge in [0.2, 0.25) is 0 Å². The molecule has 0 atom stereocenters. The van der Waals surface area contributed by atoms with E-state index in [9.17, 15) is 9.59 Å². The van der Waals surface area contributed by atoms with Crippen LogP contribution in [0.5, 0.6) is 11.5 Å². The minimum absolute atomic E-state index is 0.0288. The number of rotatable bonds is 4. The maximum absolute atomic E-state index is 11.9. The van der Waals surface area contributed by atoms with Crippen molar-refractivity contribution in [2.45, 2.75) is 20.8 Å². The van der Waals surface area contributed by atoms with Crippen LogP contribution in [0.4, 0.5) is 0 Å². The summed E-state index contributed by atoms with van der Waals surface area (Å²) in [5, 5.41) is 0.920. The molecule has 130 valence electrons. The Balaban J connectivity index is 2.75. The van der Waals surface area contributed by atoms with Crippen LogP contribution in [0.25, 0.3) is 10.8 Å². The zero-order chi connectivity index (χ0) is 18.9. The first kappa shape index (κ1) is 19.0. The minimum Gasteiger partial charge on any atom is -0.421 e. The molecule has 0 radical (unpaired) electrons. The summed E-state index contributed by atoms with van der Waals surface area (Å²) in [6.45, 7) is 12.0. The van der Waals surface area contributed by atoms with E-state index in [2.05, 4.69) is 13.2 Å². The van der Waals surface area contributed by atoms with Crippen LogP contribution < -0.4 is 9.47 Å². The quantitative estimate of drug-likeness (QED) is 0.405. The molecule has 2 aromatic rings. The van der Waals surface area contributed by atoms with Gasteiger partial charge < -0.3 is 9.47 Å². The molecule has 0 aliphatic carbocycles. The van der Waals surface area contributed by atoms with Crippen LogP contribution in [0.1, 0.15) is 19.4 Å². The number of benzene rings is 2. The summed E-state index contributed by atoms with van der Waals surface area (Å²) in [5.41, 5.74) is 1.33. The van der Waals surface area contributed by atoms with Crippen molar-refractivity contribution in [2.75, 3.05) is 0 Å². The number of ether oxygens (including phenoxy) is 2. The van der Waals surface area contributed by atoms with Gasteiger partial charge in [-0.1, -0.05) is 54.1 Å². The fourth-order valence-corrected chi connectivity index (χ4v) is 2.49. The van der Waals surface area contributed by atoms with E-state index in [0.29, 0.717) is 10.8 Å². The molecule has 0 spiro atoms. The molecule has 0 saturated heterocycles. The molecule has 0 bridgehead atoms. The van der Waals surface area contributed by atoms with Gasteiger partial charge in [-0.2, -0.15) is 0 Å². The van der Waals surface area contributed by atoms with Crippen molar-refractivity contribution in [3.63, 3.8) is 0 Å². The smallest absolute Gasteiger partial charge is 0.338 e. The largest absolute Gasteiger partial charge is 0.421 e. The number of fused-ring (bicyclic) bond motifs is 1. The molecule has 0 aromatic heterocycles. The van der Waals surface area contributed by atoms with Crippen molar-refractivity contribution in [1.29, 1.82) is 0 Å². The highest BCUT2D eigenvalue weighted by atomic mass is 35.5. The van der Waals surface area contributed by atoms with Crippen LogP contribution in [0.2, 0.25) is 10.0 Å². The molecule has 0 unspecified atom stereocenters. The van der Waals surface area contributed by atoms with Crippen LogP contribution in [-0.4, -0.2) is 11.9 Å². The Morgan fingerprint density at radius 2 is 1.32 bits per heavy atom. The lowest BCUT2D eigenvalue weighted by Crippen LogP contribution is -2.11. The summed E-state index contributed by atoms with van der Waals surface area (Å²) in [6, 6.07) is 5.29. The number of hydrogen-bond donors (Lipinski definition) is 0. The van der Waals surface area contributed by atoms with Crippen LogP contribution in [-0.2, 0) is 9.59 Å². The fourth-order valence-electron chi connectivity index (χ4n) is 2.04. The summed E-state index contributed by atoms with van der Waals surface area (Å²) >= 11 is 12.6. The Labute approximate surface area is 155 Å². The van der Waals surface area contributed by atoms with E-state index in [1.807, 2.05) is 13.0 Å². The van der Waals surface area contributed by atoms with E-state index in [1.165, 1.54) is 13.8 Å². The van der Waals surface area contributed by atoms with Gasteiger partial charge in [0, 0.05) is 21.9 Å². The van der Waals surface area contributed by atoms with Gasteiger partial charge >= 0.3 is 11.9 Å². The van der Waals surface area contributed by atoms with Crippen molar-refractivity contribution in [3.05, 3.63) is 58.1 Å². The highest BCUT2D eigenvalue weighted by Gasteiger charge is 2.23. The molecule has 2 aromatic carbocycles. The molecule has 0 saturated carbocycles. The second kappa shape index (κ2) is 7.30. The number of carbonyl (C=O) groups excluding carboxylic acids is 2. The third-order valence-corrected chi connectivity index (χ3v) is 4.16. The van der Waals surface area contributed by atoms with Gasteiger partial charge in [0.15, 0.2) is 11.5 Å². The monoisotopic (exact) mass is 378 g/mol. The number of esters is 2. The molecule has 0 aliphatic heterocycles. The predicted molar refractivity (Wildman–Crippen MR) is 99.6 cm³/mol. The van der Waals surface area contributed by atoms with Crippen molar-refractivity contribution in [1.82, 2.24) is 0 Å². The summed E-state index contributed by atoms with van der Waals surface area (Å²) in [6.07, 6.45) is 0. The normalized spacial score (nSPS) is 10.4. The van der Waals surface area contributed by atoms with Crippen molar-refractivity contribution < 1.29 is 19.1 Å². The SMILES string of the molecule is C=C(C)C(=O)Oc1c(Cl)c(Cl)c(OC(=O)C(=C)C)c2cc(C)ccc12. The molecule has 25 heavy (non-hydrogen) atoms. The average Bonchev–Trinajstić information content (AvgIpc) is 2.54. The number of halogens is 2. The van der Waals surface area contributed by atoms with Gasteiger partial charge in [0.25, 0.3) is 0 Å². The highest BCUT2D eigenvalue weighted by molar-refractivity contribution is 6.45. The van der Waals surface area contributed by atoms with E-state index < -0.39 is 11.9 Å². The fraction of sp³-hybridized carbons (Fsp3) is 0.158. The van der Waals surface area contributed by atoms with E-state index in [0.717, 1.165) is 5.56 Å². The first-order chi connectivity index (χ1) is 11.6. The van der Waals surface area contributed by atoms with Crippen molar-refractivity contribution >= 4 is 45.9 Å². The van der Waals surface area contributed by atoms with Crippen molar-refractivity contribution in [2.24, 2.45) is 0 Å². The minimum atomic E-state index is -0.633. The Kier molecular flexibility index (Phi) is 5.55. The van der Waals surface area contributed by atoms with E-state index in [1.54, 1.807) is 12.1 Å². The van der Waals surface area contributed by atoms with Gasteiger partial charge in [-0.3, -0.25) is 0 Å². The first-order valence-corrected chi connectivity index (χ1v) is 8.05. The standard InChI is InChI=1S/C19H16Cl2O4/c1-9(2)18(22)24-16-12-7-6-11(5)8-13(12)17(15(21)14(16)20)25-19(23)10(3)4/h6-8H,1,3H2,2,4-5H3. The summed E-state index contributed by atoms with van der Waals surface area (Å²) < 4.78 is 10.7. The van der Waals surface area contributed by atoms with Gasteiger partial charge in [0.1, 0.15) is 10.0 Å². The average molecular weight is 379 g/mol. The van der Waals surface area contributed by atoms with Gasteiger partial charge in [0.05, 0.1) is 0 Å². The van der Waals surface area contributed by atoms with Gasteiger partial charge in [-0.15, -0.1) is 0 Å². The Bertz CT molecular complexity index is 929. The van der Waals surface area contributed by atoms with Crippen LogP contribution in [0.15, 0.2) is 42.5 Å². The lowest BCUT2D eigenvalue weighted by atomic mass is 10.1. The Hall–Kier alpha value is -2.30. The molecule has 0 fully saturated rings. The number of hydrogen-bond acceptors (Lipinski definition) is 4. The van der Waals surface area contributed by atoms with E-state index >= 15 is 0 Å². The van der Waals surface area contributed by atoms with Crippen LogP contribution in [0.3, 0.4) is 0 Å². The molecular formula is C19H16Cl2O4.